The molecule has 0 saturated carbocycles. The number of piperidine rings is 2. The third-order valence-corrected chi connectivity index (χ3v) is 13.1. The van der Waals surface area contributed by atoms with E-state index in [0.29, 0.717) is 6.04 Å². The fourth-order valence-corrected chi connectivity index (χ4v) is 10.3. The summed E-state index contributed by atoms with van der Waals surface area (Å²) < 4.78 is 0. The monoisotopic (exact) mass is 666 g/mol. The smallest absolute Gasteiger partial charge is 0.0372 e. The molecule has 1 atom stereocenters. The van der Waals surface area contributed by atoms with Gasteiger partial charge in [-0.15, -0.1) is 0 Å². The molecule has 2 heterocycles. The number of hydrogen-bond donors (Lipinski definition) is 0. The lowest BCUT2D eigenvalue weighted by molar-refractivity contribution is 0.201. The van der Waals surface area contributed by atoms with Crippen LogP contribution in [0.2, 0.25) is 0 Å². The van der Waals surface area contributed by atoms with E-state index in [1.807, 2.05) is 0 Å². The largest absolute Gasteiger partial charge is 0.372 e. The Balaban J connectivity index is 1.27. The third-order valence-electron chi connectivity index (χ3n) is 13.1. The number of hydrogen-bond acceptors (Lipinski definition) is 2. The highest BCUT2D eigenvalue weighted by atomic mass is 15.2. The Morgan fingerprint density at radius 1 is 0.647 bits per heavy atom. The molecule has 0 aromatic heterocycles. The zero-order chi connectivity index (χ0) is 34.1. The van der Waals surface area contributed by atoms with Gasteiger partial charge in [-0.2, -0.15) is 0 Å². The Labute approximate surface area is 303 Å². The van der Waals surface area contributed by atoms with E-state index in [2.05, 4.69) is 127 Å². The highest BCUT2D eigenvalue weighted by molar-refractivity contribution is 6.08. The van der Waals surface area contributed by atoms with Crippen LogP contribution in [0, 0.1) is 0 Å². The number of nitrogens with zero attached hydrogens (tertiary/aromatic N) is 2. The molecule has 2 aliphatic heterocycles. The van der Waals surface area contributed by atoms with E-state index < -0.39 is 0 Å². The molecule has 2 saturated heterocycles. The van der Waals surface area contributed by atoms with E-state index in [4.69, 9.17) is 0 Å². The van der Waals surface area contributed by atoms with Crippen molar-refractivity contribution in [3.8, 4) is 33.4 Å². The van der Waals surface area contributed by atoms with Gasteiger partial charge >= 0.3 is 0 Å². The Bertz CT molecular complexity index is 2340. The molecule has 10 rings (SSSR count). The van der Waals surface area contributed by atoms with Crippen LogP contribution in [0.5, 0.6) is 0 Å². The van der Waals surface area contributed by atoms with E-state index >= 15 is 0 Å². The van der Waals surface area contributed by atoms with Gasteiger partial charge in [-0.05, 0) is 159 Å². The van der Waals surface area contributed by atoms with Crippen LogP contribution in [-0.2, 0) is 11.8 Å². The lowest BCUT2D eigenvalue weighted by Gasteiger charge is -2.34. The second kappa shape index (κ2) is 12.4. The normalized spacial score (nSPS) is 20.6. The molecule has 5 aliphatic rings. The van der Waals surface area contributed by atoms with Gasteiger partial charge in [0.2, 0.25) is 0 Å². The molecule has 0 spiro atoms. The van der Waals surface area contributed by atoms with Crippen molar-refractivity contribution in [2.45, 2.75) is 83.1 Å². The van der Waals surface area contributed by atoms with Crippen molar-refractivity contribution in [2.75, 3.05) is 31.1 Å². The minimum absolute atomic E-state index is 0.0000505. The van der Waals surface area contributed by atoms with Gasteiger partial charge in [-0.3, -0.25) is 4.90 Å². The molecule has 3 aliphatic carbocycles. The number of benzene rings is 5. The lowest BCUT2D eigenvalue weighted by Crippen LogP contribution is -2.43. The average molecular weight is 667 g/mol. The van der Waals surface area contributed by atoms with Crippen LogP contribution < -0.4 is 15.3 Å². The Morgan fingerprint density at radius 2 is 1.39 bits per heavy atom. The number of likely N-dealkylation sites (tertiary alicyclic amines) is 1. The summed E-state index contributed by atoms with van der Waals surface area (Å²) in [4.78, 5) is 5.41. The van der Waals surface area contributed by atoms with Crippen LogP contribution in [0.4, 0.5) is 5.69 Å². The summed E-state index contributed by atoms with van der Waals surface area (Å²) in [5, 5.41) is 5.67. The number of rotatable bonds is 4. The first-order valence-electron chi connectivity index (χ1n) is 19.9. The van der Waals surface area contributed by atoms with Crippen LogP contribution in [0.3, 0.4) is 0 Å². The summed E-state index contributed by atoms with van der Waals surface area (Å²) in [5.74, 6) is 0. The summed E-state index contributed by atoms with van der Waals surface area (Å²) >= 11 is 0. The lowest BCUT2D eigenvalue weighted by atomic mass is 9.81. The minimum Gasteiger partial charge on any atom is -0.372 e. The van der Waals surface area contributed by atoms with Gasteiger partial charge in [0.25, 0.3) is 0 Å². The molecule has 2 heteroatoms. The topological polar surface area (TPSA) is 6.48 Å². The number of aryl methyl sites for hydroxylation is 1. The molecule has 5 aromatic rings. The van der Waals surface area contributed by atoms with E-state index in [0.717, 1.165) is 32.4 Å². The Morgan fingerprint density at radius 3 is 2.25 bits per heavy atom. The SMILES string of the molecule is CC1(C)c2ccccc2-c2cc(-c3c4c(c(-c5ccc6c(c5)CCC=C6)c5cc(N6CCCCC6)ccc35)=CCC(N3CCCCC3)C=4)ccc21. The maximum absolute atomic E-state index is 2.77. The van der Waals surface area contributed by atoms with Crippen molar-refractivity contribution in [3.05, 3.63) is 118 Å². The number of anilines is 1. The molecule has 5 aromatic carbocycles. The van der Waals surface area contributed by atoms with Crippen molar-refractivity contribution in [1.82, 2.24) is 4.90 Å². The van der Waals surface area contributed by atoms with Gasteiger partial charge in [0, 0.05) is 30.2 Å². The summed E-state index contributed by atoms with van der Waals surface area (Å²) in [6, 6.07) is 31.8. The maximum Gasteiger partial charge on any atom is 0.0372 e. The van der Waals surface area contributed by atoms with Crippen LogP contribution in [0.1, 0.15) is 87.5 Å². The average Bonchev–Trinajstić information content (AvgIpc) is 3.42. The highest BCUT2D eigenvalue weighted by Gasteiger charge is 2.35. The second-order valence-electron chi connectivity index (χ2n) is 16.4. The van der Waals surface area contributed by atoms with E-state index in [9.17, 15) is 0 Å². The molecule has 0 bridgehead atoms. The molecule has 2 nitrogen and oxygen atoms in total. The van der Waals surface area contributed by atoms with Crippen molar-refractivity contribution in [2.24, 2.45) is 0 Å². The van der Waals surface area contributed by atoms with Crippen LogP contribution in [0.15, 0.2) is 84.9 Å². The fourth-order valence-electron chi connectivity index (χ4n) is 10.3. The first kappa shape index (κ1) is 31.3. The van der Waals surface area contributed by atoms with E-state index in [1.165, 1.54) is 134 Å². The maximum atomic E-state index is 2.77. The molecular weight excluding hydrogens is 617 g/mol. The predicted octanol–water partition coefficient (Wildman–Crippen LogP) is 10.2. The predicted molar refractivity (Wildman–Crippen MR) is 218 cm³/mol. The van der Waals surface area contributed by atoms with Crippen LogP contribution in [-0.4, -0.2) is 37.1 Å². The second-order valence-corrected chi connectivity index (χ2v) is 16.4. The highest BCUT2D eigenvalue weighted by Crippen LogP contribution is 2.50. The minimum atomic E-state index is 0.0000505. The first-order chi connectivity index (χ1) is 25.0. The van der Waals surface area contributed by atoms with Gasteiger partial charge in [-0.1, -0.05) is 105 Å². The van der Waals surface area contributed by atoms with E-state index in [1.54, 1.807) is 0 Å². The van der Waals surface area contributed by atoms with Crippen LogP contribution >= 0.6 is 0 Å². The van der Waals surface area contributed by atoms with Crippen molar-refractivity contribution < 1.29 is 0 Å². The fraction of sp³-hybridized carbons (Fsp3) is 0.347. The van der Waals surface area contributed by atoms with Gasteiger partial charge in [0.1, 0.15) is 0 Å². The van der Waals surface area contributed by atoms with Gasteiger partial charge < -0.3 is 4.90 Å². The summed E-state index contributed by atoms with van der Waals surface area (Å²) in [6.07, 6.45) is 21.2. The van der Waals surface area contributed by atoms with Crippen molar-refractivity contribution in [1.29, 1.82) is 0 Å². The molecular formula is C49H50N2. The molecule has 51 heavy (non-hydrogen) atoms. The van der Waals surface area contributed by atoms with Crippen molar-refractivity contribution in [3.63, 3.8) is 0 Å². The summed E-state index contributed by atoms with van der Waals surface area (Å²) in [7, 11) is 0. The molecule has 0 N–H and O–H groups in total. The molecule has 1 unspecified atom stereocenters. The molecule has 2 fully saturated rings. The first-order valence-corrected chi connectivity index (χ1v) is 19.9. The summed E-state index contributed by atoms with van der Waals surface area (Å²) in [6.45, 7) is 9.52. The zero-order valence-corrected chi connectivity index (χ0v) is 30.5. The Hall–Kier alpha value is -4.40. The van der Waals surface area contributed by atoms with Crippen molar-refractivity contribution >= 4 is 34.7 Å². The number of allylic oxidation sites excluding steroid dienone is 1. The van der Waals surface area contributed by atoms with Crippen LogP contribution in [0.25, 0.3) is 62.4 Å². The Kier molecular flexibility index (Phi) is 7.61. The molecule has 0 amide bonds. The zero-order valence-electron chi connectivity index (χ0n) is 30.5. The molecule has 256 valence electrons. The summed E-state index contributed by atoms with van der Waals surface area (Å²) in [5.41, 5.74) is 15.5. The molecule has 0 radical (unpaired) electrons. The third kappa shape index (κ3) is 5.16. The standard InChI is InChI=1S/C49H50N2/c1-49(2)45-16-8-7-15-39(45)42-30-36(19-24-46(42)49)48-41-23-21-37(50-25-9-3-10-26-50)31-43(41)47(35-18-17-33-13-5-6-14-34(33)29-35)40-22-20-38(32-44(40)48)51-27-11-4-12-28-51/h5,7-8,13,15-19,21-24,29-32,38H,3-4,6,9-12,14,20,25-28H2,1-2H3. The van der Waals surface area contributed by atoms with Gasteiger partial charge in [0.15, 0.2) is 0 Å². The number of fused-ring (bicyclic) bond motifs is 6. The van der Waals surface area contributed by atoms with Gasteiger partial charge in [-0.25, -0.2) is 0 Å². The van der Waals surface area contributed by atoms with E-state index in [-0.39, 0.29) is 5.41 Å². The quantitative estimate of drug-likeness (QED) is 0.188. The van der Waals surface area contributed by atoms with Gasteiger partial charge in [0.05, 0.1) is 0 Å².